The molecule has 0 radical (unpaired) electrons. The maximum atomic E-state index is 13.1. The molecular weight excluding hydrogens is 358 g/mol. The number of imide groups is 1. The van der Waals surface area contributed by atoms with E-state index in [0.29, 0.717) is 16.2 Å². The van der Waals surface area contributed by atoms with Crippen LogP contribution in [0.3, 0.4) is 0 Å². The fourth-order valence-corrected chi connectivity index (χ4v) is 3.94. The van der Waals surface area contributed by atoms with E-state index >= 15 is 0 Å². The quantitative estimate of drug-likeness (QED) is 0.695. The summed E-state index contributed by atoms with van der Waals surface area (Å²) in [5, 5.41) is 0.198. The van der Waals surface area contributed by atoms with E-state index in [2.05, 4.69) is 0 Å². The van der Waals surface area contributed by atoms with Gasteiger partial charge in [-0.2, -0.15) is 0 Å². The first kappa shape index (κ1) is 19.2. The third-order valence-corrected chi connectivity index (χ3v) is 5.40. The van der Waals surface area contributed by atoms with Crippen molar-refractivity contribution in [2.75, 3.05) is 7.11 Å². The highest BCUT2D eigenvalue weighted by molar-refractivity contribution is 8.04. The number of rotatable bonds is 6. The summed E-state index contributed by atoms with van der Waals surface area (Å²) in [6.07, 6.45) is 0. The first-order valence-electron chi connectivity index (χ1n) is 8.87. The molecule has 1 aliphatic heterocycles. The van der Waals surface area contributed by atoms with Crippen LogP contribution in [0, 0.1) is 6.92 Å². The van der Waals surface area contributed by atoms with Crippen LogP contribution in [0.15, 0.2) is 53.4 Å². The van der Waals surface area contributed by atoms with Crippen molar-refractivity contribution in [1.82, 2.24) is 4.90 Å². The zero-order valence-electron chi connectivity index (χ0n) is 16.0. The Balaban J connectivity index is 1.96. The minimum atomic E-state index is -0.242. The van der Waals surface area contributed by atoms with Gasteiger partial charge in [-0.15, -0.1) is 11.8 Å². The Labute approximate surface area is 164 Å². The zero-order chi connectivity index (χ0) is 19.6. The highest BCUT2D eigenvalue weighted by Gasteiger charge is 2.39. The Kier molecular flexibility index (Phi) is 5.71. The zero-order valence-corrected chi connectivity index (χ0v) is 16.8. The molecular formula is C22H23NO3S. The first-order chi connectivity index (χ1) is 12.9. The Morgan fingerprint density at radius 1 is 0.963 bits per heavy atom. The van der Waals surface area contributed by atoms with Crippen LogP contribution < -0.4 is 4.74 Å². The predicted octanol–water partition coefficient (Wildman–Crippen LogP) is 4.43. The molecule has 0 saturated carbocycles. The molecule has 2 aromatic rings. The summed E-state index contributed by atoms with van der Waals surface area (Å²) in [6, 6.07) is 15.2. The van der Waals surface area contributed by atoms with Gasteiger partial charge in [0, 0.05) is 5.25 Å². The molecule has 1 aliphatic rings. The van der Waals surface area contributed by atoms with E-state index in [9.17, 15) is 9.59 Å². The van der Waals surface area contributed by atoms with Gasteiger partial charge < -0.3 is 4.74 Å². The highest BCUT2D eigenvalue weighted by atomic mass is 32.2. The number of thioether (sulfide) groups is 1. The molecule has 0 spiro atoms. The van der Waals surface area contributed by atoms with Crippen LogP contribution in [0.4, 0.5) is 0 Å². The lowest BCUT2D eigenvalue weighted by Gasteiger charge is -2.15. The second kappa shape index (κ2) is 8.01. The molecule has 0 bridgehead atoms. The van der Waals surface area contributed by atoms with Crippen molar-refractivity contribution in [2.45, 2.75) is 32.6 Å². The number of nitrogens with zero attached hydrogens (tertiary/aromatic N) is 1. The standard InChI is InChI=1S/C22H23NO3S/c1-14(2)27-20-19(17-9-11-18(26-4)12-10-17)21(24)23(22(20)25)13-16-7-5-15(3)6-8-16/h5-12,14H,13H2,1-4H3. The van der Waals surface area contributed by atoms with Crippen molar-refractivity contribution in [1.29, 1.82) is 0 Å². The SMILES string of the molecule is COc1ccc(C2=C(SC(C)C)C(=O)N(Cc3ccc(C)cc3)C2=O)cc1. The molecule has 0 aliphatic carbocycles. The van der Waals surface area contributed by atoms with Crippen LogP contribution in [-0.2, 0) is 16.1 Å². The van der Waals surface area contributed by atoms with Gasteiger partial charge in [-0.05, 0) is 30.2 Å². The van der Waals surface area contributed by atoms with E-state index in [1.807, 2.05) is 57.2 Å². The summed E-state index contributed by atoms with van der Waals surface area (Å²) in [4.78, 5) is 28.0. The molecule has 2 aromatic carbocycles. The Morgan fingerprint density at radius 3 is 2.15 bits per heavy atom. The van der Waals surface area contributed by atoms with Gasteiger partial charge in [-0.1, -0.05) is 55.8 Å². The number of ether oxygens (including phenoxy) is 1. The van der Waals surface area contributed by atoms with E-state index in [1.54, 1.807) is 19.2 Å². The third kappa shape index (κ3) is 4.08. The monoisotopic (exact) mass is 381 g/mol. The molecule has 0 aromatic heterocycles. The highest BCUT2D eigenvalue weighted by Crippen LogP contribution is 2.38. The first-order valence-corrected chi connectivity index (χ1v) is 9.75. The van der Waals surface area contributed by atoms with Crippen molar-refractivity contribution in [3.63, 3.8) is 0 Å². The second-order valence-corrected chi connectivity index (χ2v) is 8.37. The van der Waals surface area contributed by atoms with Gasteiger partial charge in [-0.3, -0.25) is 14.5 Å². The molecule has 0 N–H and O–H groups in total. The van der Waals surface area contributed by atoms with E-state index in [4.69, 9.17) is 4.74 Å². The third-order valence-electron chi connectivity index (χ3n) is 4.32. The van der Waals surface area contributed by atoms with Crippen LogP contribution in [0.1, 0.15) is 30.5 Å². The van der Waals surface area contributed by atoms with Gasteiger partial charge in [0.1, 0.15) is 5.75 Å². The minimum absolute atomic E-state index is 0.198. The summed E-state index contributed by atoms with van der Waals surface area (Å²) in [5.41, 5.74) is 3.30. The molecule has 5 heteroatoms. The lowest BCUT2D eigenvalue weighted by atomic mass is 10.1. The summed E-state index contributed by atoms with van der Waals surface area (Å²) < 4.78 is 5.20. The van der Waals surface area contributed by atoms with Crippen molar-refractivity contribution in [3.05, 3.63) is 70.1 Å². The lowest BCUT2D eigenvalue weighted by Crippen LogP contribution is -2.31. The summed E-state index contributed by atoms with van der Waals surface area (Å²) in [7, 11) is 1.60. The van der Waals surface area contributed by atoms with Gasteiger partial charge in [0.05, 0.1) is 24.1 Å². The number of benzene rings is 2. The number of aryl methyl sites for hydroxylation is 1. The van der Waals surface area contributed by atoms with Gasteiger partial charge in [0.2, 0.25) is 0 Å². The molecule has 2 amide bonds. The van der Waals surface area contributed by atoms with E-state index < -0.39 is 0 Å². The maximum Gasteiger partial charge on any atom is 0.268 e. The van der Waals surface area contributed by atoms with Crippen LogP contribution in [-0.4, -0.2) is 29.1 Å². The average Bonchev–Trinajstić information content (AvgIpc) is 2.87. The molecule has 140 valence electrons. The molecule has 1 heterocycles. The smallest absolute Gasteiger partial charge is 0.268 e. The van der Waals surface area contributed by atoms with Crippen molar-refractivity contribution < 1.29 is 14.3 Å². The number of amides is 2. The Hall–Kier alpha value is -2.53. The second-order valence-electron chi connectivity index (χ2n) is 6.78. The summed E-state index contributed by atoms with van der Waals surface area (Å²) in [6.45, 7) is 6.32. The van der Waals surface area contributed by atoms with Crippen molar-refractivity contribution in [2.24, 2.45) is 0 Å². The van der Waals surface area contributed by atoms with Crippen molar-refractivity contribution >= 4 is 29.1 Å². The summed E-state index contributed by atoms with van der Waals surface area (Å²) in [5.74, 6) is 0.254. The minimum Gasteiger partial charge on any atom is -0.497 e. The van der Waals surface area contributed by atoms with Crippen LogP contribution >= 0.6 is 11.8 Å². The van der Waals surface area contributed by atoms with Crippen LogP contribution in [0.5, 0.6) is 5.75 Å². The largest absolute Gasteiger partial charge is 0.497 e. The number of carbonyl (C=O) groups excluding carboxylic acids is 2. The van der Waals surface area contributed by atoms with Gasteiger partial charge in [0.25, 0.3) is 11.8 Å². The van der Waals surface area contributed by atoms with E-state index in [-0.39, 0.29) is 23.6 Å². The van der Waals surface area contributed by atoms with Crippen LogP contribution in [0.2, 0.25) is 0 Å². The Morgan fingerprint density at radius 2 is 1.59 bits per heavy atom. The van der Waals surface area contributed by atoms with Crippen LogP contribution in [0.25, 0.3) is 5.57 Å². The topological polar surface area (TPSA) is 46.6 Å². The number of hydrogen-bond acceptors (Lipinski definition) is 4. The molecule has 4 nitrogen and oxygen atoms in total. The number of hydrogen-bond donors (Lipinski definition) is 0. The predicted molar refractivity (Wildman–Crippen MR) is 109 cm³/mol. The van der Waals surface area contributed by atoms with Gasteiger partial charge in [0.15, 0.2) is 0 Å². The summed E-state index contributed by atoms with van der Waals surface area (Å²) >= 11 is 1.44. The molecule has 0 fully saturated rings. The normalized spacial score (nSPS) is 14.5. The molecule has 3 rings (SSSR count). The molecule has 27 heavy (non-hydrogen) atoms. The maximum absolute atomic E-state index is 13.1. The van der Waals surface area contributed by atoms with Crippen molar-refractivity contribution in [3.8, 4) is 5.75 Å². The van der Waals surface area contributed by atoms with E-state index in [1.165, 1.54) is 16.7 Å². The fourth-order valence-electron chi connectivity index (χ4n) is 2.93. The lowest BCUT2D eigenvalue weighted by molar-refractivity contribution is -0.137. The van der Waals surface area contributed by atoms with E-state index in [0.717, 1.165) is 16.7 Å². The Bertz CT molecular complexity index is 883. The molecule has 0 saturated heterocycles. The van der Waals surface area contributed by atoms with Gasteiger partial charge in [-0.25, -0.2) is 0 Å². The number of carbonyl (C=O) groups is 2. The fraction of sp³-hybridized carbons (Fsp3) is 0.273. The molecule has 0 atom stereocenters. The average molecular weight is 381 g/mol. The molecule has 0 unspecified atom stereocenters. The van der Waals surface area contributed by atoms with Gasteiger partial charge >= 0.3 is 0 Å². The number of methoxy groups -OCH3 is 1.